The molecule has 1 aliphatic rings. The molecule has 5 nitrogen and oxygen atoms in total. The third-order valence-electron chi connectivity index (χ3n) is 3.94. The molecule has 1 aliphatic heterocycles. The first kappa shape index (κ1) is 15.5. The summed E-state index contributed by atoms with van der Waals surface area (Å²) in [6.07, 6.45) is -0.366. The van der Waals surface area contributed by atoms with E-state index in [9.17, 15) is 4.79 Å². The van der Waals surface area contributed by atoms with Crippen molar-refractivity contribution in [2.75, 3.05) is 13.7 Å². The van der Waals surface area contributed by atoms with Crippen LogP contribution in [0.4, 0.5) is 0 Å². The summed E-state index contributed by atoms with van der Waals surface area (Å²) in [4.78, 5) is 18.8. The number of carbonyl (C=O) groups excluding carboxylic acids is 1. The first-order chi connectivity index (χ1) is 11.2. The van der Waals surface area contributed by atoms with Gasteiger partial charge in [0.15, 0.2) is 6.23 Å². The van der Waals surface area contributed by atoms with E-state index in [1.54, 1.807) is 12.0 Å². The standard InChI is InChI=1S/C18H20N2O3/c1-4-23-18-15-8-6-5-7-14(15)17(21)20(18)11-13-10-9-12(2)19-16(13)22-3/h5-10,18H,4,11H2,1-3H3. The molecule has 2 heterocycles. The quantitative estimate of drug-likeness (QED) is 0.851. The van der Waals surface area contributed by atoms with Gasteiger partial charge in [0.05, 0.1) is 13.7 Å². The normalized spacial score (nSPS) is 16.6. The number of benzene rings is 1. The summed E-state index contributed by atoms with van der Waals surface area (Å²) in [5.74, 6) is 0.519. The molecule has 0 saturated carbocycles. The molecule has 1 aromatic heterocycles. The van der Waals surface area contributed by atoms with Crippen LogP contribution in [0.3, 0.4) is 0 Å². The molecule has 1 aromatic carbocycles. The summed E-state index contributed by atoms with van der Waals surface area (Å²) in [5, 5.41) is 0. The Balaban J connectivity index is 1.95. The van der Waals surface area contributed by atoms with Crippen LogP contribution in [0.25, 0.3) is 0 Å². The molecule has 0 radical (unpaired) electrons. The van der Waals surface area contributed by atoms with Crippen molar-refractivity contribution in [2.45, 2.75) is 26.6 Å². The maximum absolute atomic E-state index is 12.7. The number of carbonyl (C=O) groups is 1. The predicted octanol–water partition coefficient (Wildman–Crippen LogP) is 3.09. The van der Waals surface area contributed by atoms with Crippen LogP contribution in [-0.4, -0.2) is 29.5 Å². The van der Waals surface area contributed by atoms with Gasteiger partial charge in [-0.3, -0.25) is 4.79 Å². The minimum atomic E-state index is -0.366. The van der Waals surface area contributed by atoms with Crippen molar-refractivity contribution < 1.29 is 14.3 Å². The van der Waals surface area contributed by atoms with E-state index in [1.807, 2.05) is 50.2 Å². The first-order valence-corrected chi connectivity index (χ1v) is 7.67. The predicted molar refractivity (Wildman–Crippen MR) is 86.2 cm³/mol. The minimum absolute atomic E-state index is 0.0262. The number of aryl methyl sites for hydroxylation is 1. The molecule has 1 amide bonds. The van der Waals surface area contributed by atoms with E-state index in [1.165, 1.54) is 0 Å². The highest BCUT2D eigenvalue weighted by Crippen LogP contribution is 2.36. The average molecular weight is 312 g/mol. The summed E-state index contributed by atoms with van der Waals surface area (Å²) in [7, 11) is 1.59. The van der Waals surface area contributed by atoms with Gasteiger partial charge in [0.25, 0.3) is 5.91 Å². The zero-order valence-corrected chi connectivity index (χ0v) is 13.6. The van der Waals surface area contributed by atoms with Gasteiger partial charge in [-0.1, -0.05) is 24.3 Å². The lowest BCUT2D eigenvalue weighted by atomic mass is 10.1. The molecule has 5 heteroatoms. The molecular formula is C18H20N2O3. The Morgan fingerprint density at radius 1 is 1.22 bits per heavy atom. The zero-order chi connectivity index (χ0) is 16.4. The van der Waals surface area contributed by atoms with Crippen LogP contribution in [0.15, 0.2) is 36.4 Å². The molecule has 0 saturated heterocycles. The summed E-state index contributed by atoms with van der Waals surface area (Å²) in [5.41, 5.74) is 3.36. The molecule has 3 rings (SSSR count). The first-order valence-electron chi connectivity index (χ1n) is 7.67. The zero-order valence-electron chi connectivity index (χ0n) is 13.6. The maximum atomic E-state index is 12.7. The fourth-order valence-corrected chi connectivity index (χ4v) is 2.87. The molecular weight excluding hydrogens is 292 g/mol. The Labute approximate surface area is 135 Å². The average Bonchev–Trinajstić information content (AvgIpc) is 2.83. The molecule has 0 spiro atoms. The highest BCUT2D eigenvalue weighted by Gasteiger charge is 2.37. The Morgan fingerprint density at radius 2 is 2.00 bits per heavy atom. The van der Waals surface area contributed by atoms with Crippen molar-refractivity contribution in [1.82, 2.24) is 9.88 Å². The molecule has 2 aromatic rings. The van der Waals surface area contributed by atoms with Crippen molar-refractivity contribution in [3.63, 3.8) is 0 Å². The van der Waals surface area contributed by atoms with Crippen molar-refractivity contribution >= 4 is 5.91 Å². The number of aromatic nitrogens is 1. The third kappa shape index (κ3) is 2.80. The monoisotopic (exact) mass is 312 g/mol. The summed E-state index contributed by atoms with van der Waals surface area (Å²) in [6.45, 7) is 4.77. The molecule has 120 valence electrons. The van der Waals surface area contributed by atoms with E-state index in [2.05, 4.69) is 4.98 Å². The molecule has 1 unspecified atom stereocenters. The van der Waals surface area contributed by atoms with Crippen molar-refractivity contribution in [3.05, 3.63) is 58.8 Å². The summed E-state index contributed by atoms with van der Waals surface area (Å²) in [6, 6.07) is 11.4. The minimum Gasteiger partial charge on any atom is -0.481 e. The van der Waals surface area contributed by atoms with Crippen molar-refractivity contribution in [2.24, 2.45) is 0 Å². The number of fused-ring (bicyclic) bond motifs is 1. The SMILES string of the molecule is CCOC1c2ccccc2C(=O)N1Cc1ccc(C)nc1OC. The van der Waals surface area contributed by atoms with Gasteiger partial charge in [0.2, 0.25) is 5.88 Å². The van der Waals surface area contributed by atoms with E-state index in [0.29, 0.717) is 24.6 Å². The highest BCUT2D eigenvalue weighted by molar-refractivity contribution is 5.98. The number of ether oxygens (including phenoxy) is 2. The van der Waals surface area contributed by atoms with Crippen molar-refractivity contribution in [1.29, 1.82) is 0 Å². The Morgan fingerprint density at radius 3 is 2.74 bits per heavy atom. The Kier molecular flexibility index (Phi) is 4.30. The Hall–Kier alpha value is -2.40. The largest absolute Gasteiger partial charge is 0.481 e. The fraction of sp³-hybridized carbons (Fsp3) is 0.333. The fourth-order valence-electron chi connectivity index (χ4n) is 2.87. The third-order valence-corrected chi connectivity index (χ3v) is 3.94. The van der Waals surface area contributed by atoms with Crippen LogP contribution >= 0.6 is 0 Å². The molecule has 0 bridgehead atoms. The number of hydrogen-bond acceptors (Lipinski definition) is 4. The number of rotatable bonds is 5. The van der Waals surface area contributed by atoms with Gasteiger partial charge in [-0.2, -0.15) is 0 Å². The lowest BCUT2D eigenvalue weighted by molar-refractivity contribution is -0.0378. The number of nitrogens with zero attached hydrogens (tertiary/aromatic N) is 2. The number of pyridine rings is 1. The lowest BCUT2D eigenvalue weighted by Gasteiger charge is -2.25. The lowest BCUT2D eigenvalue weighted by Crippen LogP contribution is -2.29. The number of hydrogen-bond donors (Lipinski definition) is 0. The van der Waals surface area contributed by atoms with Crippen LogP contribution in [0.2, 0.25) is 0 Å². The van der Waals surface area contributed by atoms with Crippen LogP contribution < -0.4 is 4.74 Å². The van der Waals surface area contributed by atoms with Crippen molar-refractivity contribution in [3.8, 4) is 5.88 Å². The molecule has 0 aliphatic carbocycles. The maximum Gasteiger partial charge on any atom is 0.256 e. The van der Waals surface area contributed by atoms with E-state index < -0.39 is 0 Å². The second-order valence-electron chi connectivity index (χ2n) is 5.45. The van der Waals surface area contributed by atoms with Gasteiger partial charge in [0, 0.05) is 29.0 Å². The topological polar surface area (TPSA) is 51.7 Å². The van der Waals surface area contributed by atoms with Gasteiger partial charge >= 0.3 is 0 Å². The van der Waals surface area contributed by atoms with Crippen LogP contribution in [0.5, 0.6) is 5.88 Å². The second-order valence-corrected chi connectivity index (χ2v) is 5.45. The van der Waals surface area contributed by atoms with E-state index in [4.69, 9.17) is 9.47 Å². The van der Waals surface area contributed by atoms with Crippen LogP contribution in [0, 0.1) is 6.92 Å². The van der Waals surface area contributed by atoms with Gasteiger partial charge < -0.3 is 14.4 Å². The highest BCUT2D eigenvalue weighted by atomic mass is 16.5. The van der Waals surface area contributed by atoms with E-state index >= 15 is 0 Å². The number of amides is 1. The Bertz CT molecular complexity index is 730. The van der Waals surface area contributed by atoms with Gasteiger partial charge in [-0.25, -0.2) is 4.98 Å². The molecule has 0 N–H and O–H groups in total. The summed E-state index contributed by atoms with van der Waals surface area (Å²) < 4.78 is 11.2. The van der Waals surface area contributed by atoms with Gasteiger partial charge in [-0.15, -0.1) is 0 Å². The smallest absolute Gasteiger partial charge is 0.256 e. The molecule has 23 heavy (non-hydrogen) atoms. The molecule has 0 fully saturated rings. The van der Waals surface area contributed by atoms with Crippen LogP contribution in [0.1, 0.15) is 40.3 Å². The second kappa shape index (κ2) is 6.38. The van der Waals surface area contributed by atoms with Gasteiger partial charge in [0.1, 0.15) is 0 Å². The van der Waals surface area contributed by atoms with Gasteiger partial charge in [-0.05, 0) is 26.0 Å². The van der Waals surface area contributed by atoms with E-state index in [0.717, 1.165) is 16.8 Å². The van der Waals surface area contributed by atoms with E-state index in [-0.39, 0.29) is 12.1 Å². The summed E-state index contributed by atoms with van der Waals surface area (Å²) >= 11 is 0. The molecule has 1 atom stereocenters. The van der Waals surface area contributed by atoms with Crippen LogP contribution in [-0.2, 0) is 11.3 Å². The number of methoxy groups -OCH3 is 1.